The van der Waals surface area contributed by atoms with Crippen molar-refractivity contribution in [3.05, 3.63) is 0 Å². The third kappa shape index (κ3) is 7.61. The van der Waals surface area contributed by atoms with E-state index in [4.69, 9.17) is 47.4 Å². The lowest BCUT2D eigenvalue weighted by Gasteiger charge is -2.45. The molecule has 0 bridgehead atoms. The standard InChI is InChI=1S/C32H47NO14/c1-17(34)33-23-26(41-20(4)37)24(40-19(3)36)21(15-38-18(2)35)42-29(23)39-16-22-25-27(45-31(44-25)11-7-5-8-12-31)28-30(43-22)47-32(46-28)13-9-6-10-14-32/h21-30H,5-16H2,1-4H3,(H,33,34)/t21-,22+,23-,24+,25+,26-,27-,28+,29-,30+/m0/s1. The van der Waals surface area contributed by atoms with Crippen molar-refractivity contribution in [1.29, 1.82) is 0 Å². The minimum Gasteiger partial charge on any atom is -0.463 e. The highest BCUT2D eigenvalue weighted by atomic mass is 16.9. The van der Waals surface area contributed by atoms with Crippen molar-refractivity contribution in [3.8, 4) is 0 Å². The molecule has 10 atom stereocenters. The van der Waals surface area contributed by atoms with Gasteiger partial charge in [0.05, 0.1) is 6.61 Å². The van der Waals surface area contributed by atoms with Crippen LogP contribution in [0.1, 0.15) is 91.9 Å². The summed E-state index contributed by atoms with van der Waals surface area (Å²) in [7, 11) is 0. The SMILES string of the molecule is CC(=O)N[C@@H]1[C@@H](OC[C@H]2O[C@@H]3OC4(CCCCC4)O[C@@H]3[C@H]3OC4(CCCCC4)O[C@@H]32)O[C@@H](COC(C)=O)[C@@H](OC(C)=O)[C@H]1OC(C)=O. The molecule has 47 heavy (non-hydrogen) atoms. The normalized spacial score (nSPS) is 38.6. The van der Waals surface area contributed by atoms with Crippen molar-refractivity contribution in [2.45, 2.75) is 165 Å². The molecule has 2 aliphatic carbocycles. The maximum atomic E-state index is 12.4. The summed E-state index contributed by atoms with van der Waals surface area (Å²) in [6.07, 6.45) is 1.57. The molecule has 4 heterocycles. The zero-order valence-electron chi connectivity index (χ0n) is 27.5. The molecule has 15 nitrogen and oxygen atoms in total. The van der Waals surface area contributed by atoms with Crippen LogP contribution in [-0.4, -0.2) is 110 Å². The van der Waals surface area contributed by atoms with Gasteiger partial charge in [-0.3, -0.25) is 19.2 Å². The van der Waals surface area contributed by atoms with E-state index in [9.17, 15) is 19.2 Å². The van der Waals surface area contributed by atoms with Gasteiger partial charge in [-0.2, -0.15) is 0 Å². The molecule has 2 saturated carbocycles. The van der Waals surface area contributed by atoms with Crippen molar-refractivity contribution >= 4 is 23.8 Å². The van der Waals surface area contributed by atoms with E-state index in [0.29, 0.717) is 0 Å². The fraction of sp³-hybridized carbons (Fsp3) is 0.875. The average Bonchev–Trinajstić information content (AvgIpc) is 3.55. The van der Waals surface area contributed by atoms with Crippen LogP contribution in [0.2, 0.25) is 0 Å². The molecule has 2 spiro atoms. The van der Waals surface area contributed by atoms with Crippen LogP contribution in [0.3, 0.4) is 0 Å². The third-order valence-electron chi connectivity index (χ3n) is 9.70. The Kier molecular flexibility index (Phi) is 10.4. The summed E-state index contributed by atoms with van der Waals surface area (Å²) in [5.41, 5.74) is 0. The lowest BCUT2D eigenvalue weighted by Crippen LogP contribution is -2.67. The number of hydrogen-bond acceptors (Lipinski definition) is 14. The number of carbonyl (C=O) groups excluding carboxylic acids is 4. The van der Waals surface area contributed by atoms with E-state index in [0.717, 1.165) is 64.2 Å². The second-order valence-corrected chi connectivity index (χ2v) is 13.4. The number of hydrogen-bond donors (Lipinski definition) is 1. The first kappa shape index (κ1) is 34.5. The molecule has 0 aromatic heterocycles. The second-order valence-electron chi connectivity index (χ2n) is 13.4. The molecular formula is C32H47NO14. The highest BCUT2D eigenvalue weighted by molar-refractivity contribution is 5.73. The summed E-state index contributed by atoms with van der Waals surface area (Å²) in [4.78, 5) is 48.4. The van der Waals surface area contributed by atoms with Crippen LogP contribution in [0.25, 0.3) is 0 Å². The maximum absolute atomic E-state index is 12.4. The molecule has 0 aromatic rings. The van der Waals surface area contributed by atoms with Gasteiger partial charge in [-0.05, 0) is 25.7 Å². The van der Waals surface area contributed by atoms with Gasteiger partial charge in [0.2, 0.25) is 5.91 Å². The Morgan fingerprint density at radius 3 is 1.81 bits per heavy atom. The van der Waals surface area contributed by atoms with Crippen LogP contribution < -0.4 is 5.32 Å². The lowest BCUT2D eigenvalue weighted by molar-refractivity contribution is -0.298. The van der Waals surface area contributed by atoms with Gasteiger partial charge in [-0.1, -0.05) is 12.8 Å². The average molecular weight is 670 g/mol. The zero-order chi connectivity index (χ0) is 33.3. The van der Waals surface area contributed by atoms with Gasteiger partial charge in [0, 0.05) is 53.4 Å². The highest BCUT2D eigenvalue weighted by Crippen LogP contribution is 2.51. The molecule has 0 unspecified atom stereocenters. The first-order valence-electron chi connectivity index (χ1n) is 16.9. The molecule has 264 valence electrons. The Morgan fingerprint density at radius 2 is 1.21 bits per heavy atom. The van der Waals surface area contributed by atoms with Crippen molar-refractivity contribution in [2.24, 2.45) is 0 Å². The molecule has 0 radical (unpaired) electrons. The summed E-state index contributed by atoms with van der Waals surface area (Å²) in [5, 5.41) is 2.73. The number of carbonyl (C=O) groups is 4. The molecule has 15 heteroatoms. The number of nitrogens with one attached hydrogen (secondary N) is 1. The maximum Gasteiger partial charge on any atom is 0.303 e. The molecule has 6 aliphatic rings. The highest BCUT2D eigenvalue weighted by Gasteiger charge is 2.64. The summed E-state index contributed by atoms with van der Waals surface area (Å²) < 4.78 is 61.8. The third-order valence-corrected chi connectivity index (χ3v) is 9.70. The van der Waals surface area contributed by atoms with Crippen LogP contribution in [0.4, 0.5) is 0 Å². The van der Waals surface area contributed by atoms with Gasteiger partial charge in [-0.15, -0.1) is 0 Å². The van der Waals surface area contributed by atoms with Gasteiger partial charge in [-0.25, -0.2) is 0 Å². The van der Waals surface area contributed by atoms with Crippen LogP contribution >= 0.6 is 0 Å². The number of amides is 1. The molecule has 4 aliphatic heterocycles. The fourth-order valence-corrected chi connectivity index (χ4v) is 7.80. The zero-order valence-corrected chi connectivity index (χ0v) is 27.5. The first-order valence-corrected chi connectivity index (χ1v) is 16.9. The van der Waals surface area contributed by atoms with Gasteiger partial charge in [0.1, 0.15) is 43.2 Å². The van der Waals surface area contributed by atoms with E-state index in [1.54, 1.807) is 0 Å². The van der Waals surface area contributed by atoms with Crippen molar-refractivity contribution in [1.82, 2.24) is 5.32 Å². The van der Waals surface area contributed by atoms with Gasteiger partial charge in [0.15, 0.2) is 36.4 Å². The summed E-state index contributed by atoms with van der Waals surface area (Å²) in [6.45, 7) is 4.46. The Hall–Kier alpha value is -2.40. The van der Waals surface area contributed by atoms with Crippen molar-refractivity contribution in [3.63, 3.8) is 0 Å². The monoisotopic (exact) mass is 669 g/mol. The summed E-state index contributed by atoms with van der Waals surface area (Å²) in [5.74, 6) is -3.92. The van der Waals surface area contributed by atoms with E-state index >= 15 is 0 Å². The molecule has 1 N–H and O–H groups in total. The lowest BCUT2D eigenvalue weighted by atomic mass is 9.94. The predicted molar refractivity (Wildman–Crippen MR) is 156 cm³/mol. The molecule has 4 saturated heterocycles. The number of esters is 3. The van der Waals surface area contributed by atoms with Crippen LogP contribution in [0.15, 0.2) is 0 Å². The van der Waals surface area contributed by atoms with E-state index in [1.165, 1.54) is 27.7 Å². The number of ether oxygens (including phenoxy) is 10. The topological polar surface area (TPSA) is 173 Å². The smallest absolute Gasteiger partial charge is 0.303 e. The van der Waals surface area contributed by atoms with E-state index in [2.05, 4.69) is 5.32 Å². The Balaban J connectivity index is 1.25. The van der Waals surface area contributed by atoms with E-state index < -0.39 is 96.7 Å². The largest absolute Gasteiger partial charge is 0.463 e. The van der Waals surface area contributed by atoms with Crippen LogP contribution in [-0.2, 0) is 66.5 Å². The van der Waals surface area contributed by atoms with E-state index in [1.807, 2.05) is 0 Å². The fourth-order valence-electron chi connectivity index (χ4n) is 7.80. The van der Waals surface area contributed by atoms with Gasteiger partial charge in [0.25, 0.3) is 0 Å². The summed E-state index contributed by atoms with van der Waals surface area (Å²) in [6, 6.07) is -1.11. The molecule has 0 aromatic carbocycles. The number of rotatable bonds is 8. The minimum atomic E-state index is -1.24. The second kappa shape index (κ2) is 14.2. The molecule has 6 rings (SSSR count). The number of fused-ring (bicyclic) bond motifs is 3. The quantitative estimate of drug-likeness (QED) is 0.293. The van der Waals surface area contributed by atoms with Crippen molar-refractivity contribution < 1.29 is 66.5 Å². The van der Waals surface area contributed by atoms with Gasteiger partial charge < -0.3 is 52.7 Å². The van der Waals surface area contributed by atoms with Gasteiger partial charge >= 0.3 is 17.9 Å². The Morgan fingerprint density at radius 1 is 0.638 bits per heavy atom. The predicted octanol–water partition coefficient (Wildman–Crippen LogP) is 1.90. The summed E-state index contributed by atoms with van der Waals surface area (Å²) >= 11 is 0. The molecule has 1 amide bonds. The Bertz CT molecular complexity index is 1170. The van der Waals surface area contributed by atoms with E-state index in [-0.39, 0.29) is 13.2 Å². The molecular weight excluding hydrogens is 622 g/mol. The van der Waals surface area contributed by atoms with Crippen LogP contribution in [0, 0.1) is 0 Å². The van der Waals surface area contributed by atoms with Crippen molar-refractivity contribution in [2.75, 3.05) is 13.2 Å². The Labute approximate surface area is 273 Å². The molecule has 6 fully saturated rings. The minimum absolute atomic E-state index is 0.0910. The first-order chi connectivity index (χ1) is 22.5. The van der Waals surface area contributed by atoms with Crippen LogP contribution in [0.5, 0.6) is 0 Å².